The number of aromatic nitrogens is 2. The van der Waals surface area contributed by atoms with Crippen LogP contribution in [0.1, 0.15) is 44.6 Å². The Morgan fingerprint density at radius 1 is 1.08 bits per heavy atom. The summed E-state index contributed by atoms with van der Waals surface area (Å²) >= 11 is 0. The number of rotatable bonds is 9. The van der Waals surface area contributed by atoms with Gasteiger partial charge in [0.2, 0.25) is 0 Å². The SMILES string of the molecule is C[C@H](Oc1ccccc1)C(=O)N(CCC1=CCCCC1)c1c(N)n(Cc2ccccc2)c(=O)[nH]c1=O. The van der Waals surface area contributed by atoms with E-state index in [1.807, 2.05) is 48.5 Å². The minimum absolute atomic E-state index is 0.0320. The predicted molar refractivity (Wildman–Crippen MR) is 141 cm³/mol. The topological polar surface area (TPSA) is 110 Å². The van der Waals surface area contributed by atoms with Gasteiger partial charge in [-0.1, -0.05) is 60.2 Å². The summed E-state index contributed by atoms with van der Waals surface area (Å²) in [6.07, 6.45) is 6.20. The van der Waals surface area contributed by atoms with Crippen LogP contribution in [0.15, 0.2) is 81.9 Å². The molecule has 1 aliphatic carbocycles. The predicted octanol–water partition coefficient (Wildman–Crippen LogP) is 3.86. The lowest BCUT2D eigenvalue weighted by atomic mass is 9.97. The quantitative estimate of drug-likeness (QED) is 0.445. The highest BCUT2D eigenvalue weighted by Gasteiger charge is 2.29. The molecule has 188 valence electrons. The van der Waals surface area contributed by atoms with Crippen molar-refractivity contribution in [1.29, 1.82) is 0 Å². The summed E-state index contributed by atoms with van der Waals surface area (Å²) in [6.45, 7) is 2.06. The first-order chi connectivity index (χ1) is 17.4. The number of hydrogen-bond donors (Lipinski definition) is 2. The van der Waals surface area contributed by atoms with Gasteiger partial charge in [0.05, 0.1) is 6.54 Å². The molecule has 8 nitrogen and oxygen atoms in total. The number of aromatic amines is 1. The molecular formula is C28H32N4O4. The highest BCUT2D eigenvalue weighted by molar-refractivity contribution is 5.98. The van der Waals surface area contributed by atoms with Gasteiger partial charge < -0.3 is 15.4 Å². The number of nitrogens with two attached hydrogens (primary N) is 1. The fourth-order valence-electron chi connectivity index (χ4n) is 4.45. The van der Waals surface area contributed by atoms with E-state index >= 15 is 0 Å². The van der Waals surface area contributed by atoms with Gasteiger partial charge in [0, 0.05) is 6.54 Å². The van der Waals surface area contributed by atoms with E-state index in [1.54, 1.807) is 19.1 Å². The van der Waals surface area contributed by atoms with E-state index in [0.717, 1.165) is 31.2 Å². The van der Waals surface area contributed by atoms with Crippen LogP contribution >= 0.6 is 0 Å². The van der Waals surface area contributed by atoms with Gasteiger partial charge in [-0.25, -0.2) is 4.79 Å². The molecule has 3 N–H and O–H groups in total. The van der Waals surface area contributed by atoms with Gasteiger partial charge in [-0.3, -0.25) is 19.1 Å². The van der Waals surface area contributed by atoms with Crippen molar-refractivity contribution in [2.24, 2.45) is 0 Å². The second kappa shape index (κ2) is 11.6. The van der Waals surface area contributed by atoms with Crippen molar-refractivity contribution in [3.05, 3.63) is 98.7 Å². The number of ether oxygens (including phenoxy) is 1. The second-order valence-corrected chi connectivity index (χ2v) is 8.99. The molecular weight excluding hydrogens is 456 g/mol. The number of nitrogen functional groups attached to an aromatic ring is 1. The Hall–Kier alpha value is -4.07. The van der Waals surface area contributed by atoms with Gasteiger partial charge >= 0.3 is 5.69 Å². The second-order valence-electron chi connectivity index (χ2n) is 8.99. The Labute approximate surface area is 210 Å². The number of amides is 1. The van der Waals surface area contributed by atoms with Crippen LogP contribution in [-0.4, -0.2) is 28.1 Å². The van der Waals surface area contributed by atoms with Gasteiger partial charge in [-0.2, -0.15) is 0 Å². The zero-order chi connectivity index (χ0) is 25.5. The standard InChI is InChI=1S/C28H32N4O4/c1-20(36-23-15-9-4-10-16-23)27(34)31(18-17-21-11-5-2-6-12-21)24-25(29)32(28(35)30-26(24)33)19-22-13-7-3-8-14-22/h3-4,7-11,13-16,20H,2,5-6,12,17-19,29H2,1H3,(H,30,33,35)/t20-/m0/s1. The first kappa shape index (κ1) is 25.0. The number of para-hydroxylation sites is 1. The van der Waals surface area contributed by atoms with E-state index in [-0.39, 0.29) is 24.6 Å². The first-order valence-corrected chi connectivity index (χ1v) is 12.3. The van der Waals surface area contributed by atoms with Gasteiger partial charge in [0.25, 0.3) is 11.5 Å². The van der Waals surface area contributed by atoms with E-state index < -0.39 is 23.3 Å². The summed E-state index contributed by atoms with van der Waals surface area (Å²) in [5.74, 6) is 0.0899. The number of nitrogens with one attached hydrogen (secondary N) is 1. The molecule has 1 atom stereocenters. The Morgan fingerprint density at radius 3 is 2.44 bits per heavy atom. The van der Waals surface area contributed by atoms with E-state index in [4.69, 9.17) is 10.5 Å². The maximum atomic E-state index is 13.7. The molecule has 3 aromatic rings. The number of hydrogen-bond acceptors (Lipinski definition) is 5. The average Bonchev–Trinajstić information content (AvgIpc) is 2.89. The van der Waals surface area contributed by atoms with E-state index in [1.165, 1.54) is 15.0 Å². The molecule has 1 aromatic heterocycles. The molecule has 1 amide bonds. The van der Waals surface area contributed by atoms with Crippen LogP contribution in [0.2, 0.25) is 0 Å². The summed E-state index contributed by atoms with van der Waals surface area (Å²) in [6, 6.07) is 18.4. The minimum atomic E-state index is -0.874. The number of anilines is 2. The number of nitrogens with zero attached hydrogens (tertiary/aromatic N) is 2. The molecule has 0 saturated heterocycles. The van der Waals surface area contributed by atoms with Crippen LogP contribution in [0.25, 0.3) is 0 Å². The van der Waals surface area contributed by atoms with Crippen molar-refractivity contribution >= 4 is 17.4 Å². The molecule has 0 saturated carbocycles. The normalized spacial score (nSPS) is 14.1. The average molecular weight is 489 g/mol. The Kier molecular flexibility index (Phi) is 8.05. The van der Waals surface area contributed by atoms with Crippen LogP contribution < -0.4 is 26.6 Å². The van der Waals surface area contributed by atoms with E-state index in [2.05, 4.69) is 11.1 Å². The Balaban J connectivity index is 1.70. The molecule has 4 rings (SSSR count). The summed E-state index contributed by atoms with van der Waals surface area (Å²) < 4.78 is 7.16. The first-order valence-electron chi connectivity index (χ1n) is 12.3. The summed E-state index contributed by atoms with van der Waals surface area (Å²) in [4.78, 5) is 43.1. The van der Waals surface area contributed by atoms with Crippen LogP contribution in [0, 0.1) is 0 Å². The number of carbonyl (C=O) groups is 1. The number of carbonyl (C=O) groups excluding carboxylic acids is 1. The molecule has 0 bridgehead atoms. The van der Waals surface area contributed by atoms with Crippen LogP contribution in [0.3, 0.4) is 0 Å². The third kappa shape index (κ3) is 5.94. The lowest BCUT2D eigenvalue weighted by molar-refractivity contribution is -0.124. The Morgan fingerprint density at radius 2 is 1.78 bits per heavy atom. The van der Waals surface area contributed by atoms with Crippen LogP contribution in [0.4, 0.5) is 11.5 Å². The van der Waals surface area contributed by atoms with Crippen molar-refractivity contribution in [1.82, 2.24) is 9.55 Å². The maximum absolute atomic E-state index is 13.7. The van der Waals surface area contributed by atoms with Gasteiger partial charge in [0.15, 0.2) is 11.8 Å². The maximum Gasteiger partial charge on any atom is 0.330 e. The minimum Gasteiger partial charge on any atom is -0.481 e. The molecule has 1 aliphatic rings. The van der Waals surface area contributed by atoms with Crippen molar-refractivity contribution in [3.63, 3.8) is 0 Å². The molecule has 2 aromatic carbocycles. The number of allylic oxidation sites excluding steroid dienone is 1. The molecule has 8 heteroatoms. The molecule has 0 fully saturated rings. The zero-order valence-electron chi connectivity index (χ0n) is 20.5. The highest BCUT2D eigenvalue weighted by Crippen LogP contribution is 2.24. The lowest BCUT2D eigenvalue weighted by Gasteiger charge is -2.28. The fraction of sp³-hybridized carbons (Fsp3) is 0.321. The molecule has 0 aliphatic heterocycles. The molecule has 36 heavy (non-hydrogen) atoms. The molecule has 0 spiro atoms. The summed E-state index contributed by atoms with van der Waals surface area (Å²) in [7, 11) is 0. The van der Waals surface area contributed by atoms with Crippen molar-refractivity contribution in [3.8, 4) is 5.75 Å². The number of H-pyrrole nitrogens is 1. The van der Waals surface area contributed by atoms with Crippen molar-refractivity contribution in [2.45, 2.75) is 51.7 Å². The smallest absolute Gasteiger partial charge is 0.330 e. The van der Waals surface area contributed by atoms with Gasteiger partial charge in [-0.15, -0.1) is 0 Å². The van der Waals surface area contributed by atoms with Crippen molar-refractivity contribution in [2.75, 3.05) is 17.2 Å². The summed E-state index contributed by atoms with van der Waals surface area (Å²) in [5, 5.41) is 0. The molecule has 0 unspecified atom stereocenters. The number of benzene rings is 2. The fourth-order valence-corrected chi connectivity index (χ4v) is 4.45. The van der Waals surface area contributed by atoms with Crippen molar-refractivity contribution < 1.29 is 9.53 Å². The van der Waals surface area contributed by atoms with Crippen LogP contribution in [-0.2, 0) is 11.3 Å². The highest BCUT2D eigenvalue weighted by atomic mass is 16.5. The largest absolute Gasteiger partial charge is 0.481 e. The van der Waals surface area contributed by atoms with E-state index in [9.17, 15) is 14.4 Å². The van der Waals surface area contributed by atoms with E-state index in [0.29, 0.717) is 12.2 Å². The Bertz CT molecular complexity index is 1330. The zero-order valence-corrected chi connectivity index (χ0v) is 20.5. The van der Waals surface area contributed by atoms with Gasteiger partial charge in [0.1, 0.15) is 11.6 Å². The summed E-state index contributed by atoms with van der Waals surface area (Å²) in [5.41, 5.74) is 7.17. The molecule has 0 radical (unpaired) electrons. The van der Waals surface area contributed by atoms with Gasteiger partial charge in [-0.05, 0) is 56.7 Å². The van der Waals surface area contributed by atoms with Crippen LogP contribution in [0.5, 0.6) is 5.75 Å². The third-order valence-electron chi connectivity index (χ3n) is 6.38. The lowest BCUT2D eigenvalue weighted by Crippen LogP contribution is -2.46. The molecule has 1 heterocycles. The monoisotopic (exact) mass is 488 g/mol. The third-order valence-corrected chi connectivity index (χ3v) is 6.38.